The summed E-state index contributed by atoms with van der Waals surface area (Å²) in [5.41, 5.74) is 7.22. The third kappa shape index (κ3) is 19.4. The number of nitriles is 1. The molecule has 0 saturated carbocycles. The Hall–Kier alpha value is -2.24. The van der Waals surface area contributed by atoms with Gasteiger partial charge >= 0.3 is 5.97 Å². The third-order valence-electron chi connectivity index (χ3n) is 14.6. The van der Waals surface area contributed by atoms with E-state index in [4.69, 9.17) is 23.8 Å². The van der Waals surface area contributed by atoms with Gasteiger partial charge in [-0.2, -0.15) is 5.26 Å². The zero-order valence-electron chi connectivity index (χ0n) is 44.0. The van der Waals surface area contributed by atoms with Crippen LogP contribution < -0.4 is 4.74 Å². The Labute approximate surface area is 400 Å². The van der Waals surface area contributed by atoms with Gasteiger partial charge in [-0.15, -0.1) is 0 Å². The van der Waals surface area contributed by atoms with Crippen molar-refractivity contribution in [3.05, 3.63) is 27.8 Å². The molecule has 0 bridgehead atoms. The van der Waals surface area contributed by atoms with E-state index in [2.05, 4.69) is 101 Å². The van der Waals surface area contributed by atoms with Gasteiger partial charge in [0, 0.05) is 37.5 Å². The van der Waals surface area contributed by atoms with Gasteiger partial charge in [-0.25, -0.2) is 4.67 Å². The number of carbonyl (C=O) groups is 2. The highest BCUT2D eigenvalue weighted by Gasteiger charge is 2.39. The standard InChI is InChI=1S/C55H96N3O6P/c1-14-48-37-49(64-65(63-34-22-33-56)58(41(4)5)42(6)7)39-57(48)52(59)28-17-15-16-18-29-53(60)61-35-36-62-54-46(11)45(10)51-38-55(13,32-30-50(51)47(54)12)31-21-27-44(9)26-20-25-43(8)24-19-23-40(2)3/h40-44,48-49H,14-32,34-39H2,1-13H3/t43-,44-,48-,49-,55-,65?/m1/s1. The molecular formula is C55H96N3O6P. The van der Waals surface area contributed by atoms with Crippen molar-refractivity contribution in [3.8, 4) is 11.8 Å². The third-order valence-corrected chi connectivity index (χ3v) is 16.8. The fraction of sp³-hybridized carbons (Fsp3) is 0.836. The van der Waals surface area contributed by atoms with E-state index >= 15 is 0 Å². The molecule has 6 atom stereocenters. The minimum atomic E-state index is -1.34. The number of likely N-dealkylation sites (tertiary alicyclic amines) is 1. The van der Waals surface area contributed by atoms with Gasteiger partial charge in [0.1, 0.15) is 19.0 Å². The maximum absolute atomic E-state index is 13.4. The number of esters is 1. The minimum Gasteiger partial charge on any atom is -0.489 e. The predicted octanol–water partition coefficient (Wildman–Crippen LogP) is 14.5. The summed E-state index contributed by atoms with van der Waals surface area (Å²) in [6.07, 6.45) is 21.9. The molecule has 1 amide bonds. The maximum Gasteiger partial charge on any atom is 0.305 e. The molecule has 1 heterocycles. The van der Waals surface area contributed by atoms with Gasteiger partial charge in [0.05, 0.1) is 25.2 Å². The molecule has 65 heavy (non-hydrogen) atoms. The summed E-state index contributed by atoms with van der Waals surface area (Å²) in [6.45, 7) is 31.0. The average molecular weight is 926 g/mol. The molecule has 9 nitrogen and oxygen atoms in total. The minimum absolute atomic E-state index is 0.0904. The van der Waals surface area contributed by atoms with Crippen LogP contribution >= 0.6 is 8.53 Å². The molecule has 3 rings (SSSR count). The number of nitrogens with zero attached hydrogens (tertiary/aromatic N) is 3. The molecule has 1 fully saturated rings. The van der Waals surface area contributed by atoms with E-state index < -0.39 is 8.53 Å². The fourth-order valence-electron chi connectivity index (χ4n) is 10.6. The van der Waals surface area contributed by atoms with E-state index in [1.54, 1.807) is 5.56 Å². The van der Waals surface area contributed by atoms with E-state index in [0.717, 1.165) is 74.9 Å². The van der Waals surface area contributed by atoms with E-state index in [1.165, 1.54) is 86.5 Å². The molecule has 372 valence electrons. The average Bonchev–Trinajstić information content (AvgIpc) is 3.66. The van der Waals surface area contributed by atoms with E-state index in [-0.39, 0.29) is 42.7 Å². The Morgan fingerprint density at radius 3 is 2.05 bits per heavy atom. The first-order valence-electron chi connectivity index (χ1n) is 26.3. The number of amides is 1. The Morgan fingerprint density at radius 2 is 1.43 bits per heavy atom. The maximum atomic E-state index is 13.4. The smallest absolute Gasteiger partial charge is 0.305 e. The van der Waals surface area contributed by atoms with E-state index in [1.807, 2.05) is 4.90 Å². The highest BCUT2D eigenvalue weighted by molar-refractivity contribution is 7.44. The molecule has 1 saturated heterocycles. The van der Waals surface area contributed by atoms with Gasteiger partial charge < -0.3 is 23.4 Å². The van der Waals surface area contributed by atoms with Crippen molar-refractivity contribution < 1.29 is 28.1 Å². The summed E-state index contributed by atoms with van der Waals surface area (Å²) in [6, 6.07) is 2.77. The van der Waals surface area contributed by atoms with Gasteiger partial charge in [0.25, 0.3) is 8.53 Å². The fourth-order valence-corrected chi connectivity index (χ4v) is 12.3. The van der Waals surface area contributed by atoms with Crippen molar-refractivity contribution >= 4 is 20.4 Å². The van der Waals surface area contributed by atoms with Crippen LogP contribution in [0.3, 0.4) is 0 Å². The molecule has 0 aromatic heterocycles. The Morgan fingerprint density at radius 1 is 0.800 bits per heavy atom. The quantitative estimate of drug-likeness (QED) is 0.0400. The number of benzene rings is 1. The van der Waals surface area contributed by atoms with E-state index in [0.29, 0.717) is 44.4 Å². The largest absolute Gasteiger partial charge is 0.489 e. The van der Waals surface area contributed by atoms with Gasteiger partial charge in [-0.1, -0.05) is 106 Å². The van der Waals surface area contributed by atoms with Gasteiger partial charge in [0.2, 0.25) is 5.91 Å². The monoisotopic (exact) mass is 926 g/mol. The number of unbranched alkanes of at least 4 members (excludes halogenated alkanes) is 3. The lowest BCUT2D eigenvalue weighted by Gasteiger charge is -2.38. The first kappa shape index (κ1) is 57.1. The van der Waals surface area contributed by atoms with Crippen LogP contribution in [0.25, 0.3) is 0 Å². The zero-order valence-corrected chi connectivity index (χ0v) is 44.9. The SMILES string of the molecule is CC[C@@H]1C[C@@H](OP(OCCC#N)N(C(C)C)C(C)C)CN1C(=O)CCCCCCC(=O)OCCOc1c(C)c(C)c2c(c1C)CC[C@@](C)(CCC[C@H](C)CCC[C@H](C)CCCC(C)C)C2. The Kier molecular flexibility index (Phi) is 26.0. The van der Waals surface area contributed by atoms with E-state index in [9.17, 15) is 9.59 Å². The second kappa shape index (κ2) is 29.6. The summed E-state index contributed by atoms with van der Waals surface area (Å²) < 4.78 is 26.9. The molecule has 1 aromatic carbocycles. The Balaban J connectivity index is 1.34. The van der Waals surface area contributed by atoms with Crippen LogP contribution in [0.2, 0.25) is 0 Å². The van der Waals surface area contributed by atoms with Crippen molar-refractivity contribution in [1.82, 2.24) is 9.57 Å². The second-order valence-corrected chi connectivity index (χ2v) is 23.0. The number of hydrogen-bond donors (Lipinski definition) is 0. The van der Waals surface area contributed by atoms with Crippen LogP contribution in [0.1, 0.15) is 219 Å². The van der Waals surface area contributed by atoms with Crippen molar-refractivity contribution in [1.29, 1.82) is 5.26 Å². The molecule has 0 N–H and O–H groups in total. The van der Waals surface area contributed by atoms with Crippen LogP contribution in [0.15, 0.2) is 0 Å². The van der Waals surface area contributed by atoms with Crippen LogP contribution in [0.5, 0.6) is 5.75 Å². The number of hydrogen-bond acceptors (Lipinski definition) is 8. The molecule has 1 aromatic rings. The number of fused-ring (bicyclic) bond motifs is 1. The van der Waals surface area contributed by atoms with Crippen molar-refractivity contribution in [2.24, 2.45) is 23.2 Å². The van der Waals surface area contributed by atoms with Crippen LogP contribution in [-0.2, 0) is 36.2 Å². The Bertz CT molecular complexity index is 1600. The summed E-state index contributed by atoms with van der Waals surface area (Å²) in [5.74, 6) is 3.47. The lowest BCUT2D eigenvalue weighted by atomic mass is 9.67. The predicted molar refractivity (Wildman–Crippen MR) is 270 cm³/mol. The van der Waals surface area contributed by atoms with Crippen molar-refractivity contribution in [3.63, 3.8) is 0 Å². The number of carbonyl (C=O) groups excluding carboxylic acids is 2. The first-order chi connectivity index (χ1) is 30.9. The number of ether oxygens (including phenoxy) is 2. The summed E-state index contributed by atoms with van der Waals surface area (Å²) >= 11 is 0. The highest BCUT2D eigenvalue weighted by atomic mass is 31.2. The van der Waals surface area contributed by atoms with Crippen molar-refractivity contribution in [2.75, 3.05) is 26.4 Å². The van der Waals surface area contributed by atoms with Gasteiger partial charge in [-0.05, 0) is 151 Å². The molecule has 1 aliphatic heterocycles. The molecule has 0 radical (unpaired) electrons. The van der Waals surface area contributed by atoms with Crippen LogP contribution in [-0.4, -0.2) is 72.0 Å². The van der Waals surface area contributed by atoms with Gasteiger partial charge in [-0.3, -0.25) is 9.59 Å². The molecule has 0 spiro atoms. The lowest BCUT2D eigenvalue weighted by Crippen LogP contribution is -2.36. The molecule has 2 aliphatic rings. The topological polar surface area (TPSA) is 101 Å². The second-order valence-electron chi connectivity index (χ2n) is 21.6. The highest BCUT2D eigenvalue weighted by Crippen LogP contribution is 2.49. The lowest BCUT2D eigenvalue weighted by molar-refractivity contribution is -0.144. The summed E-state index contributed by atoms with van der Waals surface area (Å²) in [4.78, 5) is 28.0. The molecular weight excluding hydrogens is 830 g/mol. The number of rotatable bonds is 32. The molecule has 10 heteroatoms. The normalized spacial score (nSPS) is 20.1. The summed E-state index contributed by atoms with van der Waals surface area (Å²) in [7, 11) is -1.34. The molecule has 1 unspecified atom stereocenters. The van der Waals surface area contributed by atoms with Gasteiger partial charge in [0.15, 0.2) is 0 Å². The van der Waals surface area contributed by atoms with Crippen LogP contribution in [0.4, 0.5) is 0 Å². The van der Waals surface area contributed by atoms with Crippen molar-refractivity contribution in [2.45, 2.75) is 249 Å². The summed E-state index contributed by atoms with van der Waals surface area (Å²) in [5, 5.41) is 9.06. The van der Waals surface area contributed by atoms with Crippen LogP contribution in [0, 0.1) is 55.3 Å². The first-order valence-corrected chi connectivity index (χ1v) is 27.5. The molecule has 1 aliphatic carbocycles. The zero-order chi connectivity index (χ0) is 48.1.